The normalized spacial score (nSPS) is 11.4. The van der Waals surface area contributed by atoms with Gasteiger partial charge in [-0.3, -0.25) is 5.32 Å². The van der Waals surface area contributed by atoms with Crippen LogP contribution in [0.1, 0.15) is 20.8 Å². The molecule has 5 nitrogen and oxygen atoms in total. The molecule has 0 saturated heterocycles. The van der Waals surface area contributed by atoms with Crippen LogP contribution in [0.2, 0.25) is 5.02 Å². The minimum atomic E-state index is -0.998. The molecule has 27 heavy (non-hydrogen) atoms. The summed E-state index contributed by atoms with van der Waals surface area (Å²) in [5.41, 5.74) is 0.562. The first-order chi connectivity index (χ1) is 12.8. The molecule has 1 aromatic heterocycles. The molecule has 0 unspecified atom stereocenters. The highest BCUT2D eigenvalue weighted by Crippen LogP contribution is 2.33. The molecule has 0 fully saturated rings. The lowest BCUT2D eigenvalue weighted by Gasteiger charge is -2.26. The van der Waals surface area contributed by atoms with Gasteiger partial charge in [0.15, 0.2) is 5.72 Å². The summed E-state index contributed by atoms with van der Waals surface area (Å²) in [5.74, 6) is 0.0842. The summed E-state index contributed by atoms with van der Waals surface area (Å²) >= 11 is 5.93. The van der Waals surface area contributed by atoms with Gasteiger partial charge in [-0.15, -0.1) is 0 Å². The third-order valence-electron chi connectivity index (χ3n) is 3.90. The Hall–Kier alpha value is -2.73. The van der Waals surface area contributed by atoms with Gasteiger partial charge in [-0.2, -0.15) is 0 Å². The van der Waals surface area contributed by atoms with Gasteiger partial charge in [-0.1, -0.05) is 23.7 Å². The Bertz CT molecular complexity index is 985. The van der Waals surface area contributed by atoms with Crippen molar-refractivity contribution in [3.8, 4) is 11.4 Å². The van der Waals surface area contributed by atoms with Crippen molar-refractivity contribution in [2.45, 2.75) is 26.5 Å². The fourth-order valence-electron chi connectivity index (χ4n) is 2.79. The van der Waals surface area contributed by atoms with Crippen LogP contribution in [-0.4, -0.2) is 23.0 Å². The van der Waals surface area contributed by atoms with Crippen LogP contribution in [0.3, 0.4) is 0 Å². The highest BCUT2D eigenvalue weighted by atomic mass is 35.5. The number of fused-ring (bicyclic) bond motifs is 1. The summed E-state index contributed by atoms with van der Waals surface area (Å²) in [5, 5.41) is 3.56. The van der Waals surface area contributed by atoms with Gasteiger partial charge in [-0.05, 0) is 51.1 Å². The molecule has 3 rings (SSSR count). The number of aromatic nitrogens is 1. The van der Waals surface area contributed by atoms with Gasteiger partial charge in [0.25, 0.3) is 0 Å². The molecule has 142 valence electrons. The van der Waals surface area contributed by atoms with Gasteiger partial charge in [0.05, 0.1) is 23.3 Å². The van der Waals surface area contributed by atoms with Crippen molar-refractivity contribution in [3.63, 3.8) is 0 Å². The van der Waals surface area contributed by atoms with Crippen LogP contribution in [0.4, 0.5) is 9.18 Å². The fourth-order valence-corrected chi connectivity index (χ4v) is 2.97. The minimum absolute atomic E-state index is 0.0389. The summed E-state index contributed by atoms with van der Waals surface area (Å²) in [7, 11) is 0. The molecule has 0 aliphatic carbocycles. The Morgan fingerprint density at radius 1 is 1.26 bits per heavy atom. The molecule has 1 N–H and O–H groups in total. The van der Waals surface area contributed by atoms with Gasteiger partial charge >= 0.3 is 6.09 Å². The number of benzene rings is 2. The molecule has 0 radical (unpaired) electrons. The Kier molecular flexibility index (Phi) is 5.28. The quantitative estimate of drug-likeness (QED) is 0.602. The van der Waals surface area contributed by atoms with Crippen molar-refractivity contribution in [2.75, 3.05) is 6.61 Å². The number of rotatable bonds is 5. The monoisotopic (exact) mass is 390 g/mol. The highest BCUT2D eigenvalue weighted by Gasteiger charge is 2.25. The molecule has 2 aromatic carbocycles. The molecule has 0 atom stereocenters. The number of nitrogens with zero attached hydrogens (tertiary/aromatic N) is 1. The van der Waals surface area contributed by atoms with E-state index in [1.165, 1.54) is 6.07 Å². The number of hydrogen-bond acceptors (Lipinski definition) is 3. The van der Waals surface area contributed by atoms with Crippen molar-refractivity contribution in [3.05, 3.63) is 59.5 Å². The van der Waals surface area contributed by atoms with E-state index in [4.69, 9.17) is 21.1 Å². The molecule has 0 aliphatic rings. The zero-order valence-corrected chi connectivity index (χ0v) is 16.0. The van der Waals surface area contributed by atoms with Gasteiger partial charge in [0.1, 0.15) is 11.6 Å². The second-order valence-electron chi connectivity index (χ2n) is 6.44. The molecule has 0 saturated carbocycles. The maximum Gasteiger partial charge on any atom is 0.410 e. The van der Waals surface area contributed by atoms with Crippen LogP contribution < -0.4 is 10.1 Å². The zero-order valence-electron chi connectivity index (χ0n) is 15.3. The standard InChI is InChI=1S/C20H20ClFN2O3/c1-4-26-19(25)23-20(2,3)27-18-12-24(17-8-6-5-7-14(17)18)13-9-10-16(22)15(21)11-13/h5-12H,4H2,1-3H3,(H,23,25). The molecule has 1 heterocycles. The van der Waals surface area contributed by atoms with E-state index in [2.05, 4.69) is 5.32 Å². The maximum atomic E-state index is 13.5. The molecule has 0 spiro atoms. The third kappa shape index (κ3) is 4.17. The number of halogens is 2. The second-order valence-corrected chi connectivity index (χ2v) is 6.84. The lowest BCUT2D eigenvalue weighted by Crippen LogP contribution is -2.48. The number of para-hydroxylation sites is 1. The fraction of sp³-hybridized carbons (Fsp3) is 0.250. The summed E-state index contributed by atoms with van der Waals surface area (Å²) in [6.45, 7) is 5.46. The number of alkyl carbamates (subject to hydrolysis) is 1. The highest BCUT2D eigenvalue weighted by molar-refractivity contribution is 6.30. The van der Waals surface area contributed by atoms with Crippen molar-refractivity contribution in [2.24, 2.45) is 0 Å². The molecule has 1 amide bonds. The Morgan fingerprint density at radius 2 is 2.00 bits per heavy atom. The Morgan fingerprint density at radius 3 is 2.70 bits per heavy atom. The summed E-state index contributed by atoms with van der Waals surface area (Å²) in [4.78, 5) is 11.7. The number of ether oxygens (including phenoxy) is 2. The van der Waals surface area contributed by atoms with E-state index < -0.39 is 17.6 Å². The van der Waals surface area contributed by atoms with Crippen LogP contribution in [0.5, 0.6) is 5.75 Å². The average molecular weight is 391 g/mol. The van der Waals surface area contributed by atoms with Crippen LogP contribution >= 0.6 is 11.6 Å². The average Bonchev–Trinajstić information content (AvgIpc) is 2.95. The molecule has 0 bridgehead atoms. The first-order valence-electron chi connectivity index (χ1n) is 8.50. The minimum Gasteiger partial charge on any atom is -0.466 e. The predicted octanol–water partition coefficient (Wildman–Crippen LogP) is 5.28. The Balaban J connectivity index is 2.00. The first-order valence-corrected chi connectivity index (χ1v) is 8.88. The van der Waals surface area contributed by atoms with Gasteiger partial charge in [0, 0.05) is 11.1 Å². The van der Waals surface area contributed by atoms with Gasteiger partial charge in [0.2, 0.25) is 0 Å². The third-order valence-corrected chi connectivity index (χ3v) is 4.19. The number of amides is 1. The van der Waals surface area contributed by atoms with E-state index in [1.807, 2.05) is 28.8 Å². The molecular formula is C20H20ClFN2O3. The van der Waals surface area contributed by atoms with Gasteiger partial charge < -0.3 is 14.0 Å². The van der Waals surface area contributed by atoms with Crippen molar-refractivity contribution in [1.29, 1.82) is 0 Å². The van der Waals surface area contributed by atoms with Crippen LogP contribution in [0, 0.1) is 5.82 Å². The number of carbonyl (C=O) groups is 1. The number of carbonyl (C=O) groups excluding carboxylic acids is 1. The van der Waals surface area contributed by atoms with Crippen LogP contribution in [0.25, 0.3) is 16.6 Å². The van der Waals surface area contributed by atoms with E-state index in [9.17, 15) is 9.18 Å². The van der Waals surface area contributed by atoms with E-state index in [-0.39, 0.29) is 11.6 Å². The van der Waals surface area contributed by atoms with Crippen LogP contribution in [0.15, 0.2) is 48.7 Å². The SMILES string of the molecule is CCOC(=O)NC(C)(C)Oc1cn(-c2ccc(F)c(Cl)c2)c2ccccc12. The van der Waals surface area contributed by atoms with Crippen molar-refractivity contribution < 1.29 is 18.7 Å². The lowest BCUT2D eigenvalue weighted by atomic mass is 10.2. The topological polar surface area (TPSA) is 52.5 Å². The van der Waals surface area contributed by atoms with E-state index in [1.54, 1.807) is 39.1 Å². The first kappa shape index (κ1) is 19.0. The second kappa shape index (κ2) is 7.48. The largest absolute Gasteiger partial charge is 0.466 e. The molecular weight excluding hydrogens is 371 g/mol. The lowest BCUT2D eigenvalue weighted by molar-refractivity contribution is 0.0603. The van der Waals surface area contributed by atoms with Crippen LogP contribution in [-0.2, 0) is 4.74 Å². The van der Waals surface area contributed by atoms with E-state index in [0.29, 0.717) is 11.4 Å². The van der Waals surface area contributed by atoms with E-state index >= 15 is 0 Å². The summed E-state index contributed by atoms with van der Waals surface area (Å²) in [6.07, 6.45) is 1.22. The van der Waals surface area contributed by atoms with Crippen molar-refractivity contribution >= 4 is 28.6 Å². The van der Waals surface area contributed by atoms with E-state index in [0.717, 1.165) is 10.9 Å². The molecule has 7 heteroatoms. The van der Waals surface area contributed by atoms with Crippen molar-refractivity contribution in [1.82, 2.24) is 9.88 Å². The smallest absolute Gasteiger partial charge is 0.410 e. The molecule has 3 aromatic rings. The summed E-state index contributed by atoms with van der Waals surface area (Å²) in [6, 6.07) is 12.1. The molecule has 0 aliphatic heterocycles. The van der Waals surface area contributed by atoms with Gasteiger partial charge in [-0.25, -0.2) is 9.18 Å². The zero-order chi connectivity index (χ0) is 19.6. The summed E-state index contributed by atoms with van der Waals surface area (Å²) < 4.78 is 26.3. The number of nitrogens with one attached hydrogen (secondary N) is 1. The Labute approximate surface area is 161 Å². The number of hydrogen-bond donors (Lipinski definition) is 1. The predicted molar refractivity (Wildman–Crippen MR) is 103 cm³/mol. The maximum absolute atomic E-state index is 13.5.